The summed E-state index contributed by atoms with van der Waals surface area (Å²) in [6.45, 7) is 2.01. The normalized spacial score (nSPS) is 12.5. The van der Waals surface area contributed by atoms with Crippen molar-refractivity contribution in [3.05, 3.63) is 48.5 Å². The molecule has 1 aromatic heterocycles. The van der Waals surface area contributed by atoms with Gasteiger partial charge >= 0.3 is 0 Å². The van der Waals surface area contributed by atoms with Crippen molar-refractivity contribution in [2.45, 2.75) is 13.0 Å². The molecule has 1 unspecified atom stereocenters. The Morgan fingerprint density at radius 2 is 2.00 bits per heavy atom. The zero-order chi connectivity index (χ0) is 13.3. The number of hydrogen-bond donors (Lipinski definition) is 1. The molecule has 0 saturated heterocycles. The third kappa shape index (κ3) is 2.79. The average molecular weight is 392 g/mol. The highest BCUT2D eigenvalue weighted by Crippen LogP contribution is 2.37. The number of ether oxygens (including phenoxy) is 1. The van der Waals surface area contributed by atoms with Crippen LogP contribution in [0.2, 0.25) is 0 Å². The van der Waals surface area contributed by atoms with E-state index in [9.17, 15) is 5.11 Å². The Morgan fingerprint density at radius 1 is 1.28 bits per heavy atom. The first-order chi connectivity index (χ1) is 8.52. The predicted molar refractivity (Wildman–Crippen MR) is 81.5 cm³/mol. The summed E-state index contributed by atoms with van der Waals surface area (Å²) in [6, 6.07) is 7.57. The molecule has 1 heterocycles. The lowest BCUT2D eigenvalue weighted by atomic mass is 10.1. The number of benzene rings is 1. The first-order valence-electron chi connectivity index (χ1n) is 5.30. The number of aryl methyl sites for hydroxylation is 1. The highest BCUT2D eigenvalue weighted by atomic mass is 79.9. The molecular weight excluding hydrogens is 380 g/mol. The molecule has 2 nitrogen and oxygen atoms in total. The van der Waals surface area contributed by atoms with Crippen molar-refractivity contribution in [1.29, 1.82) is 0 Å². The summed E-state index contributed by atoms with van der Waals surface area (Å²) in [6.07, 6.45) is -0.625. The molecular formula is C13H12Br2O2S. The minimum absolute atomic E-state index is 0.625. The molecule has 1 aromatic carbocycles. The zero-order valence-corrected chi connectivity index (χ0v) is 13.9. The van der Waals surface area contributed by atoms with E-state index in [2.05, 4.69) is 31.9 Å². The summed E-state index contributed by atoms with van der Waals surface area (Å²) in [5.41, 5.74) is 1.98. The highest BCUT2D eigenvalue weighted by Gasteiger charge is 2.17. The van der Waals surface area contributed by atoms with E-state index in [0.29, 0.717) is 0 Å². The molecule has 0 radical (unpaired) electrons. The van der Waals surface area contributed by atoms with Gasteiger partial charge in [-0.1, -0.05) is 22.0 Å². The third-order valence-electron chi connectivity index (χ3n) is 2.65. The quantitative estimate of drug-likeness (QED) is 0.823. The lowest BCUT2D eigenvalue weighted by Crippen LogP contribution is -1.98. The second-order valence-corrected chi connectivity index (χ2v) is 7.15. The molecule has 2 aromatic rings. The summed E-state index contributed by atoms with van der Waals surface area (Å²) in [4.78, 5) is 0.922. The van der Waals surface area contributed by atoms with Crippen LogP contribution in [0.25, 0.3) is 0 Å². The molecule has 0 saturated carbocycles. The molecule has 2 rings (SSSR count). The van der Waals surface area contributed by atoms with Crippen molar-refractivity contribution in [3.63, 3.8) is 0 Å². The van der Waals surface area contributed by atoms with E-state index >= 15 is 0 Å². The number of methoxy groups -OCH3 is 1. The summed E-state index contributed by atoms with van der Waals surface area (Å²) in [5, 5.41) is 10.4. The Hall–Kier alpha value is -0.360. The van der Waals surface area contributed by atoms with Gasteiger partial charge < -0.3 is 9.84 Å². The molecule has 1 N–H and O–H groups in total. The lowest BCUT2D eigenvalue weighted by Gasteiger charge is -2.12. The van der Waals surface area contributed by atoms with Crippen LogP contribution < -0.4 is 4.74 Å². The highest BCUT2D eigenvalue weighted by molar-refractivity contribution is 9.11. The summed E-state index contributed by atoms with van der Waals surface area (Å²) in [5.74, 6) is 0.765. The van der Waals surface area contributed by atoms with E-state index in [-0.39, 0.29) is 0 Å². The number of hydrogen-bond acceptors (Lipinski definition) is 3. The van der Waals surface area contributed by atoms with Crippen molar-refractivity contribution in [1.82, 2.24) is 0 Å². The molecule has 0 spiro atoms. The van der Waals surface area contributed by atoms with Gasteiger partial charge in [-0.25, -0.2) is 0 Å². The van der Waals surface area contributed by atoms with Crippen LogP contribution in [0.3, 0.4) is 0 Å². The van der Waals surface area contributed by atoms with Crippen molar-refractivity contribution in [2.75, 3.05) is 7.11 Å². The van der Waals surface area contributed by atoms with Crippen LogP contribution in [0.4, 0.5) is 0 Å². The largest absolute Gasteiger partial charge is 0.497 e. The Morgan fingerprint density at radius 3 is 2.50 bits per heavy atom. The smallest absolute Gasteiger partial charge is 0.120 e. The van der Waals surface area contributed by atoms with Gasteiger partial charge in [0.1, 0.15) is 11.9 Å². The number of aliphatic hydroxyl groups is 1. The summed E-state index contributed by atoms with van der Waals surface area (Å²) in [7, 11) is 1.62. The minimum atomic E-state index is -0.625. The van der Waals surface area contributed by atoms with Gasteiger partial charge in [0, 0.05) is 14.9 Å². The number of aliphatic hydroxyl groups excluding tert-OH is 1. The van der Waals surface area contributed by atoms with Gasteiger partial charge in [-0.2, -0.15) is 0 Å². The Balaban J connectivity index is 2.36. The predicted octanol–water partition coefficient (Wildman–Crippen LogP) is 4.67. The molecule has 0 aliphatic heterocycles. The number of halogens is 2. The van der Waals surface area contributed by atoms with Crippen LogP contribution in [-0.2, 0) is 0 Å². The number of thiophene rings is 1. The Bertz CT molecular complexity index is 547. The van der Waals surface area contributed by atoms with Gasteiger partial charge in [0.05, 0.1) is 10.9 Å². The van der Waals surface area contributed by atoms with Gasteiger partial charge in [-0.15, -0.1) is 11.3 Å². The van der Waals surface area contributed by atoms with Gasteiger partial charge in [0.25, 0.3) is 0 Å². The van der Waals surface area contributed by atoms with Gasteiger partial charge in [0.15, 0.2) is 0 Å². The van der Waals surface area contributed by atoms with E-state index in [4.69, 9.17) is 4.74 Å². The fourth-order valence-electron chi connectivity index (χ4n) is 1.63. The second kappa shape index (κ2) is 5.74. The molecule has 96 valence electrons. The first kappa shape index (κ1) is 14.1. The molecule has 0 aliphatic carbocycles. The van der Waals surface area contributed by atoms with Crippen LogP contribution in [0.15, 0.2) is 32.5 Å². The second-order valence-electron chi connectivity index (χ2n) is 3.90. The molecule has 0 amide bonds. The standard InChI is InChI=1S/C13H12Br2O2S/c1-7-5-11(18-13(7)15)12(16)9-4-3-8(17-2)6-10(9)14/h3-6,12,16H,1-2H3. The topological polar surface area (TPSA) is 29.5 Å². The maximum Gasteiger partial charge on any atom is 0.120 e. The van der Waals surface area contributed by atoms with Crippen LogP contribution >= 0.6 is 43.2 Å². The van der Waals surface area contributed by atoms with E-state index in [1.54, 1.807) is 18.4 Å². The van der Waals surface area contributed by atoms with Gasteiger partial charge in [0.2, 0.25) is 0 Å². The molecule has 0 bridgehead atoms. The summed E-state index contributed by atoms with van der Waals surface area (Å²) < 4.78 is 7.04. The van der Waals surface area contributed by atoms with E-state index in [1.165, 1.54) is 0 Å². The minimum Gasteiger partial charge on any atom is -0.497 e. The molecule has 5 heteroatoms. The van der Waals surface area contributed by atoms with Crippen molar-refractivity contribution in [3.8, 4) is 5.75 Å². The summed E-state index contributed by atoms with van der Waals surface area (Å²) >= 11 is 8.49. The maximum absolute atomic E-state index is 10.4. The van der Waals surface area contributed by atoms with E-state index in [0.717, 1.165) is 30.0 Å². The van der Waals surface area contributed by atoms with Crippen LogP contribution in [-0.4, -0.2) is 12.2 Å². The van der Waals surface area contributed by atoms with Gasteiger partial charge in [-0.05, 0) is 46.6 Å². The lowest BCUT2D eigenvalue weighted by molar-refractivity contribution is 0.223. The fourth-order valence-corrected chi connectivity index (χ4v) is 3.78. The molecule has 1 atom stereocenters. The fraction of sp³-hybridized carbons (Fsp3) is 0.231. The SMILES string of the molecule is COc1ccc(C(O)c2cc(C)c(Br)s2)c(Br)c1. The third-order valence-corrected chi connectivity index (χ3v) is 5.52. The molecule has 0 aliphatic rings. The van der Waals surface area contributed by atoms with E-state index in [1.807, 2.05) is 31.2 Å². The van der Waals surface area contributed by atoms with Crippen molar-refractivity contribution in [2.24, 2.45) is 0 Å². The molecule has 18 heavy (non-hydrogen) atoms. The Kier molecular flexibility index (Phi) is 4.48. The average Bonchev–Trinajstić information content (AvgIpc) is 2.68. The van der Waals surface area contributed by atoms with Crippen LogP contribution in [0.5, 0.6) is 5.75 Å². The Labute approximate surface area is 127 Å². The van der Waals surface area contributed by atoms with Crippen LogP contribution in [0.1, 0.15) is 22.1 Å². The zero-order valence-electron chi connectivity index (χ0n) is 9.91. The van der Waals surface area contributed by atoms with Gasteiger partial charge in [-0.3, -0.25) is 0 Å². The maximum atomic E-state index is 10.4. The molecule has 0 fully saturated rings. The van der Waals surface area contributed by atoms with E-state index < -0.39 is 6.10 Å². The number of rotatable bonds is 3. The first-order valence-corrected chi connectivity index (χ1v) is 7.70. The van der Waals surface area contributed by atoms with Crippen molar-refractivity contribution < 1.29 is 9.84 Å². The monoisotopic (exact) mass is 390 g/mol. The van der Waals surface area contributed by atoms with Crippen molar-refractivity contribution >= 4 is 43.2 Å². The van der Waals surface area contributed by atoms with Crippen LogP contribution in [0, 0.1) is 6.92 Å².